The highest BCUT2D eigenvalue weighted by Crippen LogP contribution is 2.30. The highest BCUT2D eigenvalue weighted by Gasteiger charge is 2.21. The molecule has 16 heavy (non-hydrogen) atoms. The molecule has 0 fully saturated rings. The van der Waals surface area contributed by atoms with E-state index in [9.17, 15) is 0 Å². The van der Waals surface area contributed by atoms with Crippen molar-refractivity contribution in [3.05, 3.63) is 45.7 Å². The van der Waals surface area contributed by atoms with Gasteiger partial charge in [0.1, 0.15) is 4.60 Å². The molecule has 3 heteroatoms. The zero-order valence-electron chi connectivity index (χ0n) is 9.20. The van der Waals surface area contributed by atoms with Gasteiger partial charge in [-0.1, -0.05) is 12.1 Å². The number of rotatable bonds is 1. The van der Waals surface area contributed by atoms with Gasteiger partial charge in [0.2, 0.25) is 0 Å². The minimum atomic E-state index is 1.02. The van der Waals surface area contributed by atoms with Crippen LogP contribution in [0.4, 0.5) is 0 Å². The van der Waals surface area contributed by atoms with Gasteiger partial charge in [0.25, 0.3) is 0 Å². The number of aryl methyl sites for hydroxylation is 1. The lowest BCUT2D eigenvalue weighted by atomic mass is 10.2. The SMILES string of the molecule is Cc1cccc(-n2nc(Br)c3c2CCC3)c1. The Morgan fingerprint density at radius 1 is 1.31 bits per heavy atom. The molecule has 0 saturated carbocycles. The molecule has 0 amide bonds. The van der Waals surface area contributed by atoms with Crippen molar-refractivity contribution in [2.24, 2.45) is 0 Å². The maximum Gasteiger partial charge on any atom is 0.132 e. The van der Waals surface area contributed by atoms with Crippen LogP contribution < -0.4 is 0 Å². The Hall–Kier alpha value is -1.09. The first-order chi connectivity index (χ1) is 7.75. The Labute approximate surface area is 103 Å². The number of fused-ring (bicyclic) bond motifs is 1. The van der Waals surface area contributed by atoms with E-state index >= 15 is 0 Å². The molecule has 0 bridgehead atoms. The smallest absolute Gasteiger partial charge is 0.132 e. The number of hydrogen-bond donors (Lipinski definition) is 0. The fraction of sp³-hybridized carbons (Fsp3) is 0.308. The van der Waals surface area contributed by atoms with Crippen LogP contribution in [0.1, 0.15) is 23.2 Å². The summed E-state index contributed by atoms with van der Waals surface area (Å²) < 4.78 is 3.10. The molecule has 0 saturated heterocycles. The van der Waals surface area contributed by atoms with Crippen LogP contribution >= 0.6 is 15.9 Å². The molecular formula is C13H13BrN2. The lowest BCUT2D eigenvalue weighted by molar-refractivity contribution is 0.777. The van der Waals surface area contributed by atoms with Gasteiger partial charge >= 0.3 is 0 Å². The number of benzene rings is 1. The summed E-state index contributed by atoms with van der Waals surface area (Å²) in [5.41, 5.74) is 5.21. The van der Waals surface area contributed by atoms with Gasteiger partial charge in [0.15, 0.2) is 0 Å². The number of nitrogens with zero attached hydrogens (tertiary/aromatic N) is 2. The van der Waals surface area contributed by atoms with Gasteiger partial charge in [-0.05, 0) is 59.8 Å². The molecule has 0 N–H and O–H groups in total. The van der Waals surface area contributed by atoms with E-state index in [4.69, 9.17) is 0 Å². The predicted molar refractivity (Wildman–Crippen MR) is 68.0 cm³/mol. The average Bonchev–Trinajstić information content (AvgIpc) is 2.83. The van der Waals surface area contributed by atoms with E-state index < -0.39 is 0 Å². The quantitative estimate of drug-likeness (QED) is 0.780. The van der Waals surface area contributed by atoms with E-state index in [1.54, 1.807) is 0 Å². The molecule has 1 aliphatic rings. The summed E-state index contributed by atoms with van der Waals surface area (Å²) in [4.78, 5) is 0. The summed E-state index contributed by atoms with van der Waals surface area (Å²) in [5, 5.41) is 4.58. The number of aromatic nitrogens is 2. The van der Waals surface area contributed by atoms with Gasteiger partial charge in [-0.15, -0.1) is 0 Å². The van der Waals surface area contributed by atoms with E-state index in [-0.39, 0.29) is 0 Å². The molecule has 2 nitrogen and oxygen atoms in total. The molecule has 3 rings (SSSR count). The van der Waals surface area contributed by atoms with Crippen LogP contribution in [-0.4, -0.2) is 9.78 Å². The topological polar surface area (TPSA) is 17.8 Å². The Bertz CT molecular complexity index is 543. The average molecular weight is 277 g/mol. The summed E-state index contributed by atoms with van der Waals surface area (Å²) in [6.45, 7) is 2.11. The monoisotopic (exact) mass is 276 g/mol. The molecule has 0 aliphatic heterocycles. The first-order valence-corrected chi connectivity index (χ1v) is 6.38. The highest BCUT2D eigenvalue weighted by molar-refractivity contribution is 9.10. The Morgan fingerprint density at radius 2 is 2.19 bits per heavy atom. The van der Waals surface area contributed by atoms with Crippen LogP contribution in [0.15, 0.2) is 28.9 Å². The van der Waals surface area contributed by atoms with Gasteiger partial charge in [-0.25, -0.2) is 4.68 Å². The Balaban J connectivity index is 2.17. The molecule has 0 radical (unpaired) electrons. The van der Waals surface area contributed by atoms with E-state index in [1.807, 2.05) is 0 Å². The lowest BCUT2D eigenvalue weighted by Crippen LogP contribution is -2.01. The number of halogens is 1. The van der Waals surface area contributed by atoms with Crippen molar-refractivity contribution >= 4 is 15.9 Å². The van der Waals surface area contributed by atoms with Gasteiger partial charge in [0, 0.05) is 11.3 Å². The molecule has 0 unspecified atom stereocenters. The maximum absolute atomic E-state index is 4.58. The molecule has 82 valence electrons. The van der Waals surface area contributed by atoms with Crippen molar-refractivity contribution in [2.75, 3.05) is 0 Å². The summed E-state index contributed by atoms with van der Waals surface area (Å²) in [7, 11) is 0. The number of hydrogen-bond acceptors (Lipinski definition) is 1. The molecule has 1 aromatic heterocycles. The van der Waals surface area contributed by atoms with Gasteiger partial charge in [-0.2, -0.15) is 5.10 Å². The zero-order valence-corrected chi connectivity index (χ0v) is 10.8. The third-order valence-electron chi connectivity index (χ3n) is 3.13. The summed E-state index contributed by atoms with van der Waals surface area (Å²) in [6, 6.07) is 8.49. The lowest BCUT2D eigenvalue weighted by Gasteiger charge is -2.05. The molecule has 2 aromatic rings. The van der Waals surface area contributed by atoms with Crippen LogP contribution in [0, 0.1) is 6.92 Å². The first-order valence-electron chi connectivity index (χ1n) is 5.59. The largest absolute Gasteiger partial charge is 0.236 e. The molecular weight excluding hydrogens is 264 g/mol. The van der Waals surface area contributed by atoms with Crippen molar-refractivity contribution in [3.8, 4) is 5.69 Å². The molecule has 1 aromatic carbocycles. The third-order valence-corrected chi connectivity index (χ3v) is 3.76. The van der Waals surface area contributed by atoms with Crippen LogP contribution in [0.2, 0.25) is 0 Å². The molecule has 0 atom stereocenters. The van der Waals surface area contributed by atoms with Crippen molar-refractivity contribution in [2.45, 2.75) is 26.2 Å². The molecule has 1 aliphatic carbocycles. The molecule has 1 heterocycles. The first kappa shape index (κ1) is 10.1. The predicted octanol–water partition coefficient (Wildman–Crippen LogP) is 3.43. The summed E-state index contributed by atoms with van der Waals surface area (Å²) in [6.07, 6.45) is 3.54. The van der Waals surface area contributed by atoms with Gasteiger partial charge < -0.3 is 0 Å². The highest BCUT2D eigenvalue weighted by atomic mass is 79.9. The van der Waals surface area contributed by atoms with Gasteiger partial charge in [0.05, 0.1) is 5.69 Å². The summed E-state index contributed by atoms with van der Waals surface area (Å²) in [5.74, 6) is 0. The Kier molecular flexibility index (Phi) is 2.36. The minimum Gasteiger partial charge on any atom is -0.236 e. The maximum atomic E-state index is 4.58. The van der Waals surface area contributed by atoms with Crippen molar-refractivity contribution in [1.29, 1.82) is 0 Å². The zero-order chi connectivity index (χ0) is 11.1. The normalized spacial score (nSPS) is 14.1. The fourth-order valence-electron chi connectivity index (χ4n) is 2.37. The second-order valence-corrected chi connectivity index (χ2v) is 5.07. The van der Waals surface area contributed by atoms with Crippen molar-refractivity contribution < 1.29 is 0 Å². The summed E-state index contributed by atoms with van der Waals surface area (Å²) >= 11 is 3.55. The van der Waals surface area contributed by atoms with E-state index in [0.29, 0.717) is 0 Å². The second-order valence-electron chi connectivity index (χ2n) is 4.32. The van der Waals surface area contributed by atoms with E-state index in [0.717, 1.165) is 17.4 Å². The van der Waals surface area contributed by atoms with E-state index in [1.165, 1.54) is 28.9 Å². The van der Waals surface area contributed by atoms with Crippen LogP contribution in [-0.2, 0) is 12.8 Å². The third kappa shape index (κ3) is 1.50. The van der Waals surface area contributed by atoms with Gasteiger partial charge in [-0.3, -0.25) is 0 Å². The fourth-order valence-corrected chi connectivity index (χ4v) is 2.95. The van der Waals surface area contributed by atoms with Crippen LogP contribution in [0.25, 0.3) is 5.69 Å². The van der Waals surface area contributed by atoms with E-state index in [2.05, 4.69) is 56.9 Å². The van der Waals surface area contributed by atoms with Crippen molar-refractivity contribution in [3.63, 3.8) is 0 Å². The van der Waals surface area contributed by atoms with Crippen molar-refractivity contribution in [1.82, 2.24) is 9.78 Å². The Morgan fingerprint density at radius 3 is 3.00 bits per heavy atom. The minimum absolute atomic E-state index is 1.02. The van der Waals surface area contributed by atoms with Crippen LogP contribution in [0.5, 0.6) is 0 Å². The van der Waals surface area contributed by atoms with Crippen LogP contribution in [0.3, 0.4) is 0 Å². The molecule has 0 spiro atoms. The second kappa shape index (κ2) is 3.74. The standard InChI is InChI=1S/C13H13BrN2/c1-9-4-2-5-10(8-9)16-12-7-3-6-11(12)13(14)15-16/h2,4-5,8H,3,6-7H2,1H3.